The molecule has 0 radical (unpaired) electrons. The number of fused-ring (bicyclic) bond motifs is 1. The lowest BCUT2D eigenvalue weighted by Gasteiger charge is -2.15. The first-order valence-electron chi connectivity index (χ1n) is 12.1. The van der Waals surface area contributed by atoms with Gasteiger partial charge in [-0.15, -0.1) is 5.10 Å². The fraction of sp³-hybridized carbons (Fsp3) is 0.192. The molecule has 4 aromatic heterocycles. The molecule has 39 heavy (non-hydrogen) atoms. The number of halogens is 1. The average molecular weight is 544 g/mol. The second-order valence-corrected chi connectivity index (χ2v) is 9.69. The Kier molecular flexibility index (Phi) is 5.95. The fourth-order valence-corrected chi connectivity index (χ4v) is 5.14. The minimum absolute atomic E-state index is 0.147. The van der Waals surface area contributed by atoms with E-state index in [1.165, 1.54) is 18.1 Å². The molecule has 196 valence electrons. The Bertz CT molecular complexity index is 1760. The molecule has 0 unspecified atom stereocenters. The average Bonchev–Trinajstić information content (AvgIpc) is 3.68. The number of imidazole rings is 1. The van der Waals surface area contributed by atoms with Crippen molar-refractivity contribution in [3.63, 3.8) is 0 Å². The Morgan fingerprint density at radius 3 is 2.74 bits per heavy atom. The monoisotopic (exact) mass is 543 g/mol. The fourth-order valence-electron chi connectivity index (χ4n) is 4.97. The van der Waals surface area contributed by atoms with Crippen molar-refractivity contribution in [2.45, 2.75) is 25.8 Å². The highest BCUT2D eigenvalue weighted by molar-refractivity contribution is 6.31. The molecule has 1 aromatic carbocycles. The molecule has 0 saturated heterocycles. The maximum Gasteiger partial charge on any atom is 0.412 e. The van der Waals surface area contributed by atoms with E-state index in [0.717, 1.165) is 33.0 Å². The summed E-state index contributed by atoms with van der Waals surface area (Å²) in [6.45, 7) is 1.91. The molecule has 6 rings (SSSR count). The zero-order chi connectivity index (χ0) is 27.3. The molecule has 1 atom stereocenters. The molecular formula is C26H22ClN9O3. The highest BCUT2D eigenvalue weighted by Crippen LogP contribution is 2.35. The van der Waals surface area contributed by atoms with Gasteiger partial charge in [0, 0.05) is 46.8 Å². The van der Waals surface area contributed by atoms with Gasteiger partial charge in [-0.05, 0) is 72.2 Å². The second-order valence-electron chi connectivity index (χ2n) is 9.26. The summed E-state index contributed by atoms with van der Waals surface area (Å²) in [7, 11) is 1.43. The molecular weight excluding hydrogens is 522 g/mol. The lowest BCUT2D eigenvalue weighted by atomic mass is 10.0. The van der Waals surface area contributed by atoms with Crippen LogP contribution in [0.15, 0.2) is 59.8 Å². The Hall–Kier alpha value is -4.84. The van der Waals surface area contributed by atoms with Crippen molar-refractivity contribution in [3.8, 4) is 28.1 Å². The number of aromatic amines is 1. The molecule has 0 bridgehead atoms. The topological polar surface area (TPSA) is 148 Å². The maximum absolute atomic E-state index is 13.5. The van der Waals surface area contributed by atoms with Crippen LogP contribution in [0.1, 0.15) is 29.7 Å². The minimum Gasteiger partial charge on any atom is -0.465 e. The van der Waals surface area contributed by atoms with Crippen LogP contribution in [0.25, 0.3) is 28.1 Å². The number of carbonyl (C=O) groups is 1. The highest BCUT2D eigenvalue weighted by Gasteiger charge is 2.29. The lowest BCUT2D eigenvalue weighted by molar-refractivity contribution is 0.203. The highest BCUT2D eigenvalue weighted by atomic mass is 35.5. The van der Waals surface area contributed by atoms with Gasteiger partial charge in [-0.3, -0.25) is 9.69 Å². The van der Waals surface area contributed by atoms with Gasteiger partial charge in [-0.1, -0.05) is 11.6 Å². The number of nitrogens with one attached hydrogen (secondary N) is 1. The minimum atomic E-state index is -1.09. The Morgan fingerprint density at radius 1 is 1.18 bits per heavy atom. The summed E-state index contributed by atoms with van der Waals surface area (Å²) in [6.07, 6.45) is 3.40. The van der Waals surface area contributed by atoms with E-state index in [9.17, 15) is 9.59 Å². The van der Waals surface area contributed by atoms with E-state index in [2.05, 4.69) is 25.5 Å². The molecule has 12 nitrogen and oxygen atoms in total. The number of anilines is 1. The lowest BCUT2D eigenvalue weighted by Crippen LogP contribution is -2.24. The maximum atomic E-state index is 13.5. The van der Waals surface area contributed by atoms with Crippen LogP contribution in [0.4, 0.5) is 10.6 Å². The number of aromatic nitrogens is 8. The van der Waals surface area contributed by atoms with Gasteiger partial charge in [-0.2, -0.15) is 4.68 Å². The second kappa shape index (κ2) is 9.48. The van der Waals surface area contributed by atoms with Crippen LogP contribution in [0.3, 0.4) is 0 Å². The number of nitrogens with zero attached hydrogens (tertiary/aromatic N) is 8. The standard InChI is InChI=1S/C26H22ClN9O3/c1-14-24(15-3-8-22(28-12-15)34(2)26(38)39)31-25(30-14)21-7-5-18-9-16(10-23(37)36(18)21)19-11-17(27)4-6-20(19)35-13-29-32-33-35/h3-4,6,8-13,21H,5,7H2,1-2H3,(H,30,31)(H,38,39)/t21-/m0/s1. The Morgan fingerprint density at radius 2 is 2.03 bits per heavy atom. The van der Waals surface area contributed by atoms with E-state index in [-0.39, 0.29) is 11.6 Å². The number of tetrazole rings is 1. The summed E-state index contributed by atoms with van der Waals surface area (Å²) < 4.78 is 3.31. The molecule has 1 aliphatic heterocycles. The number of amides is 1. The van der Waals surface area contributed by atoms with E-state index in [0.29, 0.717) is 40.9 Å². The van der Waals surface area contributed by atoms with Crippen molar-refractivity contribution >= 4 is 23.5 Å². The molecule has 0 spiro atoms. The van der Waals surface area contributed by atoms with Gasteiger partial charge in [-0.25, -0.2) is 14.8 Å². The van der Waals surface area contributed by atoms with E-state index < -0.39 is 6.09 Å². The van der Waals surface area contributed by atoms with Crippen molar-refractivity contribution in [2.24, 2.45) is 0 Å². The number of benzene rings is 1. The molecule has 0 saturated carbocycles. The van der Waals surface area contributed by atoms with Crippen LogP contribution in [0, 0.1) is 6.92 Å². The van der Waals surface area contributed by atoms with E-state index in [1.54, 1.807) is 41.1 Å². The number of hydrogen-bond acceptors (Lipinski definition) is 7. The number of rotatable bonds is 5. The molecule has 1 amide bonds. The molecule has 13 heteroatoms. The normalized spacial score (nSPS) is 14.4. The first kappa shape index (κ1) is 24.5. The van der Waals surface area contributed by atoms with Gasteiger partial charge in [0.2, 0.25) is 0 Å². The van der Waals surface area contributed by atoms with Gasteiger partial charge in [0.15, 0.2) is 0 Å². The van der Waals surface area contributed by atoms with Crippen LogP contribution in [-0.2, 0) is 6.42 Å². The van der Waals surface area contributed by atoms with Gasteiger partial charge in [0.05, 0.1) is 17.4 Å². The first-order chi connectivity index (χ1) is 18.8. The quantitative estimate of drug-likeness (QED) is 0.339. The van der Waals surface area contributed by atoms with E-state index in [4.69, 9.17) is 21.7 Å². The van der Waals surface area contributed by atoms with Crippen molar-refractivity contribution in [1.82, 2.24) is 39.7 Å². The van der Waals surface area contributed by atoms with Gasteiger partial charge in [0.25, 0.3) is 5.56 Å². The Labute approximate surface area is 226 Å². The molecule has 2 N–H and O–H groups in total. The van der Waals surface area contributed by atoms with Gasteiger partial charge >= 0.3 is 6.09 Å². The van der Waals surface area contributed by atoms with Gasteiger partial charge in [0.1, 0.15) is 18.0 Å². The summed E-state index contributed by atoms with van der Waals surface area (Å²) in [6, 6.07) is 12.1. The van der Waals surface area contributed by atoms with Crippen molar-refractivity contribution in [1.29, 1.82) is 0 Å². The number of H-pyrrole nitrogens is 1. The molecule has 0 aliphatic carbocycles. The van der Waals surface area contributed by atoms with Crippen LogP contribution in [-0.4, -0.2) is 58.0 Å². The smallest absolute Gasteiger partial charge is 0.412 e. The largest absolute Gasteiger partial charge is 0.465 e. The molecule has 0 fully saturated rings. The van der Waals surface area contributed by atoms with E-state index >= 15 is 0 Å². The summed E-state index contributed by atoms with van der Waals surface area (Å²) in [5, 5.41) is 21.1. The number of carboxylic acid groups (broad SMARTS) is 1. The zero-order valence-electron chi connectivity index (χ0n) is 20.9. The summed E-state index contributed by atoms with van der Waals surface area (Å²) in [5.41, 5.74) is 5.21. The third-order valence-electron chi connectivity index (χ3n) is 6.87. The third kappa shape index (κ3) is 4.34. The SMILES string of the molecule is Cc1[nH]c([C@@H]2CCc3cc(-c4cc(Cl)ccc4-n4cnnn4)cc(=O)n32)nc1-c1ccc(N(C)C(=O)O)nc1. The first-order valence-corrected chi connectivity index (χ1v) is 12.5. The van der Waals surface area contributed by atoms with Crippen molar-refractivity contribution in [2.75, 3.05) is 11.9 Å². The van der Waals surface area contributed by atoms with Crippen LogP contribution >= 0.6 is 11.6 Å². The number of pyridine rings is 2. The van der Waals surface area contributed by atoms with Gasteiger partial charge < -0.3 is 14.7 Å². The van der Waals surface area contributed by atoms with Crippen molar-refractivity contribution in [3.05, 3.63) is 87.6 Å². The van der Waals surface area contributed by atoms with Crippen molar-refractivity contribution < 1.29 is 9.90 Å². The van der Waals surface area contributed by atoms with E-state index in [1.807, 2.05) is 19.1 Å². The summed E-state index contributed by atoms with van der Waals surface area (Å²) in [5.74, 6) is 0.995. The Balaban J connectivity index is 1.35. The third-order valence-corrected chi connectivity index (χ3v) is 7.10. The summed E-state index contributed by atoms with van der Waals surface area (Å²) >= 11 is 6.30. The molecule has 5 heterocycles. The molecule has 1 aliphatic rings. The molecule has 5 aromatic rings. The van der Waals surface area contributed by atoms with Crippen LogP contribution < -0.4 is 10.5 Å². The number of hydrogen-bond donors (Lipinski definition) is 2. The predicted octanol–water partition coefficient (Wildman–Crippen LogP) is 3.89. The zero-order valence-corrected chi connectivity index (χ0v) is 21.7. The van der Waals surface area contributed by atoms with Crippen LogP contribution in [0.2, 0.25) is 5.02 Å². The predicted molar refractivity (Wildman–Crippen MR) is 143 cm³/mol. The summed E-state index contributed by atoms with van der Waals surface area (Å²) in [4.78, 5) is 38.1. The number of aryl methyl sites for hydroxylation is 2. The van der Waals surface area contributed by atoms with Crippen LogP contribution in [0.5, 0.6) is 0 Å².